The molecule has 0 N–H and O–H groups in total. The number of aromatic nitrogens is 2. The molecule has 4 nitrogen and oxygen atoms in total. The van der Waals surface area contributed by atoms with Crippen molar-refractivity contribution in [3.05, 3.63) is 80.6 Å². The van der Waals surface area contributed by atoms with Gasteiger partial charge in [0.2, 0.25) is 0 Å². The third-order valence-electron chi connectivity index (χ3n) is 5.46. The van der Waals surface area contributed by atoms with E-state index in [4.69, 9.17) is 0 Å². The quantitative estimate of drug-likeness (QED) is 0.514. The molecule has 2 aromatic heterocycles. The molecule has 1 aliphatic rings. The van der Waals surface area contributed by atoms with Crippen LogP contribution in [0.2, 0.25) is 0 Å². The average Bonchev–Trinajstić information content (AvgIpc) is 3.34. The van der Waals surface area contributed by atoms with Gasteiger partial charge in [-0.25, -0.2) is 4.98 Å². The van der Waals surface area contributed by atoms with Crippen LogP contribution in [0.25, 0.3) is 0 Å². The van der Waals surface area contributed by atoms with Gasteiger partial charge in [0, 0.05) is 12.7 Å². The molecule has 1 aromatic carbocycles. The van der Waals surface area contributed by atoms with Crippen LogP contribution in [-0.2, 0) is 12.6 Å². The van der Waals surface area contributed by atoms with E-state index in [1.54, 1.807) is 12.3 Å². The van der Waals surface area contributed by atoms with Crippen molar-refractivity contribution in [1.82, 2.24) is 14.9 Å². The third kappa shape index (κ3) is 4.63. The summed E-state index contributed by atoms with van der Waals surface area (Å²) in [6, 6.07) is 9.01. The van der Waals surface area contributed by atoms with Crippen LogP contribution in [0.5, 0.6) is 0 Å². The SMILES string of the molecule is Cc1nc(C)c(C(=O)N2CCCC2c2ccc(Cc3cccc(C(F)(F)F)c3)cn2)s1. The van der Waals surface area contributed by atoms with Gasteiger partial charge in [0.15, 0.2) is 0 Å². The highest BCUT2D eigenvalue weighted by Gasteiger charge is 2.33. The maximum atomic E-state index is 13.1. The number of alkyl halides is 3. The number of carbonyl (C=O) groups excluding carboxylic acids is 1. The van der Waals surface area contributed by atoms with E-state index in [2.05, 4.69) is 9.97 Å². The lowest BCUT2D eigenvalue weighted by atomic mass is 10.0. The summed E-state index contributed by atoms with van der Waals surface area (Å²) < 4.78 is 38.8. The van der Waals surface area contributed by atoms with Crippen LogP contribution in [0, 0.1) is 13.8 Å². The highest BCUT2D eigenvalue weighted by molar-refractivity contribution is 7.13. The van der Waals surface area contributed by atoms with Gasteiger partial charge < -0.3 is 4.90 Å². The smallest absolute Gasteiger partial charge is 0.329 e. The summed E-state index contributed by atoms with van der Waals surface area (Å²) in [6.07, 6.45) is -0.558. The molecule has 1 fully saturated rings. The number of benzene rings is 1. The Labute approximate surface area is 182 Å². The van der Waals surface area contributed by atoms with E-state index in [9.17, 15) is 18.0 Å². The summed E-state index contributed by atoms with van der Waals surface area (Å²) in [5.74, 6) is -0.0135. The molecule has 1 unspecified atom stereocenters. The maximum absolute atomic E-state index is 13.1. The zero-order valence-electron chi connectivity index (χ0n) is 17.2. The number of likely N-dealkylation sites (tertiary alicyclic amines) is 1. The second-order valence-corrected chi connectivity index (χ2v) is 8.97. The molecule has 0 aliphatic carbocycles. The van der Waals surface area contributed by atoms with E-state index in [-0.39, 0.29) is 11.9 Å². The summed E-state index contributed by atoms with van der Waals surface area (Å²) in [5.41, 5.74) is 2.31. The number of carbonyl (C=O) groups is 1. The molecule has 4 rings (SSSR count). The molecule has 3 heterocycles. The van der Waals surface area contributed by atoms with Crippen molar-refractivity contribution in [2.45, 2.75) is 45.3 Å². The minimum Gasteiger partial charge on any atom is -0.329 e. The predicted octanol–water partition coefficient (Wildman–Crippen LogP) is 5.74. The molecule has 0 bridgehead atoms. The minimum atomic E-state index is -4.36. The molecule has 1 aliphatic heterocycles. The molecule has 162 valence electrons. The number of pyridine rings is 1. The predicted molar refractivity (Wildman–Crippen MR) is 113 cm³/mol. The third-order valence-corrected chi connectivity index (χ3v) is 6.52. The van der Waals surface area contributed by atoms with Gasteiger partial charge in [-0.05, 0) is 56.4 Å². The normalized spacial score (nSPS) is 16.7. The Morgan fingerprint density at radius 2 is 2.00 bits per heavy atom. The molecule has 3 aromatic rings. The van der Waals surface area contributed by atoms with E-state index in [0.717, 1.165) is 40.9 Å². The lowest BCUT2D eigenvalue weighted by Crippen LogP contribution is -2.30. The van der Waals surface area contributed by atoms with Gasteiger partial charge in [-0.1, -0.05) is 24.3 Å². The number of halogens is 3. The second kappa shape index (κ2) is 8.42. The van der Waals surface area contributed by atoms with E-state index >= 15 is 0 Å². The highest BCUT2D eigenvalue weighted by Crippen LogP contribution is 2.34. The van der Waals surface area contributed by atoms with Gasteiger partial charge in [-0.15, -0.1) is 11.3 Å². The van der Waals surface area contributed by atoms with Gasteiger partial charge in [-0.2, -0.15) is 13.2 Å². The first-order valence-corrected chi connectivity index (χ1v) is 10.9. The number of amides is 1. The van der Waals surface area contributed by atoms with Crippen molar-refractivity contribution in [2.24, 2.45) is 0 Å². The van der Waals surface area contributed by atoms with Crippen molar-refractivity contribution >= 4 is 17.2 Å². The van der Waals surface area contributed by atoms with Gasteiger partial charge in [-0.3, -0.25) is 9.78 Å². The fourth-order valence-corrected chi connectivity index (χ4v) is 4.88. The van der Waals surface area contributed by atoms with Crippen LogP contribution in [-0.4, -0.2) is 27.3 Å². The molecular weight excluding hydrogens is 423 g/mol. The minimum absolute atomic E-state index is 0.0135. The number of rotatable bonds is 4. The number of aryl methyl sites for hydroxylation is 2. The first-order chi connectivity index (χ1) is 14.7. The number of hydrogen-bond acceptors (Lipinski definition) is 4. The first kappa shape index (κ1) is 21.5. The topological polar surface area (TPSA) is 46.1 Å². The Kier molecular flexibility index (Phi) is 5.83. The van der Waals surface area contributed by atoms with E-state index in [0.29, 0.717) is 23.4 Å². The largest absolute Gasteiger partial charge is 0.416 e. The fourth-order valence-electron chi connectivity index (χ4n) is 4.01. The van der Waals surface area contributed by atoms with Gasteiger partial charge in [0.1, 0.15) is 4.88 Å². The van der Waals surface area contributed by atoms with Crippen LogP contribution in [0.4, 0.5) is 13.2 Å². The summed E-state index contributed by atoms with van der Waals surface area (Å²) in [4.78, 5) is 24.5. The van der Waals surface area contributed by atoms with Crippen LogP contribution >= 0.6 is 11.3 Å². The second-order valence-electron chi connectivity index (χ2n) is 7.77. The number of thiazole rings is 1. The Hall–Kier alpha value is -2.74. The zero-order chi connectivity index (χ0) is 22.2. The highest BCUT2D eigenvalue weighted by atomic mass is 32.1. The molecule has 0 radical (unpaired) electrons. The van der Waals surface area contributed by atoms with E-state index in [1.807, 2.05) is 30.9 Å². The summed E-state index contributed by atoms with van der Waals surface area (Å²) >= 11 is 1.41. The van der Waals surface area contributed by atoms with E-state index in [1.165, 1.54) is 23.5 Å². The number of nitrogens with zero attached hydrogens (tertiary/aromatic N) is 3. The van der Waals surface area contributed by atoms with Crippen molar-refractivity contribution in [3.8, 4) is 0 Å². The molecular formula is C23H22F3N3OS. The molecule has 1 amide bonds. The standard InChI is InChI=1S/C23H22F3N3OS/c1-14-21(31-15(2)28-14)22(30)29-10-4-7-20(29)19-9-8-17(13-27-19)11-16-5-3-6-18(12-16)23(24,25)26/h3,5-6,8-9,12-13,20H,4,7,10-11H2,1-2H3. The van der Waals surface area contributed by atoms with Crippen molar-refractivity contribution in [2.75, 3.05) is 6.54 Å². The number of hydrogen-bond donors (Lipinski definition) is 0. The monoisotopic (exact) mass is 445 g/mol. The van der Waals surface area contributed by atoms with Crippen LogP contribution in [0.3, 0.4) is 0 Å². The van der Waals surface area contributed by atoms with Gasteiger partial charge >= 0.3 is 6.18 Å². The van der Waals surface area contributed by atoms with Crippen molar-refractivity contribution in [3.63, 3.8) is 0 Å². The fraction of sp³-hybridized carbons (Fsp3) is 0.348. The molecule has 0 spiro atoms. The molecule has 31 heavy (non-hydrogen) atoms. The van der Waals surface area contributed by atoms with Gasteiger partial charge in [0.05, 0.1) is 28.0 Å². The Balaban J connectivity index is 1.50. The lowest BCUT2D eigenvalue weighted by Gasteiger charge is -2.24. The molecule has 8 heteroatoms. The average molecular weight is 446 g/mol. The zero-order valence-corrected chi connectivity index (χ0v) is 18.1. The maximum Gasteiger partial charge on any atom is 0.416 e. The van der Waals surface area contributed by atoms with Crippen molar-refractivity contribution in [1.29, 1.82) is 0 Å². The van der Waals surface area contributed by atoms with Crippen LogP contribution in [0.1, 0.15) is 61.6 Å². The van der Waals surface area contributed by atoms with Crippen LogP contribution in [0.15, 0.2) is 42.6 Å². The van der Waals surface area contributed by atoms with Crippen LogP contribution < -0.4 is 0 Å². The van der Waals surface area contributed by atoms with E-state index < -0.39 is 11.7 Å². The Morgan fingerprint density at radius 3 is 2.65 bits per heavy atom. The lowest BCUT2D eigenvalue weighted by molar-refractivity contribution is -0.137. The summed E-state index contributed by atoms with van der Waals surface area (Å²) in [6.45, 7) is 4.41. The molecule has 1 saturated heterocycles. The summed E-state index contributed by atoms with van der Waals surface area (Å²) in [5, 5.41) is 0.869. The Morgan fingerprint density at radius 1 is 1.19 bits per heavy atom. The van der Waals surface area contributed by atoms with Crippen molar-refractivity contribution < 1.29 is 18.0 Å². The Bertz CT molecular complexity index is 1090. The molecule has 1 atom stereocenters. The molecule has 0 saturated carbocycles. The van der Waals surface area contributed by atoms with Gasteiger partial charge in [0.25, 0.3) is 5.91 Å². The summed E-state index contributed by atoms with van der Waals surface area (Å²) in [7, 11) is 0. The first-order valence-electron chi connectivity index (χ1n) is 10.1.